The van der Waals surface area contributed by atoms with E-state index >= 15 is 0 Å². The van der Waals surface area contributed by atoms with Gasteiger partial charge < -0.3 is 14.7 Å². The van der Waals surface area contributed by atoms with E-state index in [-0.39, 0.29) is 5.92 Å². The van der Waals surface area contributed by atoms with Crippen molar-refractivity contribution >= 4 is 10.8 Å². The van der Waals surface area contributed by atoms with Crippen LogP contribution in [-0.4, -0.2) is 37.8 Å². The van der Waals surface area contributed by atoms with Crippen molar-refractivity contribution in [3.63, 3.8) is 0 Å². The molecule has 3 nitrogen and oxygen atoms in total. The third kappa shape index (κ3) is 4.10. The molecular formula is C27H33NO2. The average Bonchev–Trinajstić information content (AvgIpc) is 2.93. The molecule has 1 aliphatic rings. The van der Waals surface area contributed by atoms with Gasteiger partial charge in [-0.1, -0.05) is 61.0 Å². The van der Waals surface area contributed by atoms with Gasteiger partial charge in [0.05, 0.1) is 12.7 Å². The summed E-state index contributed by atoms with van der Waals surface area (Å²) in [5.41, 5.74) is 1.44. The fourth-order valence-corrected chi connectivity index (χ4v) is 5.29. The fourth-order valence-electron chi connectivity index (χ4n) is 5.29. The molecule has 1 N–H and O–H groups in total. The van der Waals surface area contributed by atoms with Crippen LogP contribution in [0, 0.1) is 5.92 Å². The number of methoxy groups -OCH3 is 1. The molecule has 0 heterocycles. The minimum absolute atomic E-state index is 0.180. The molecule has 0 aliphatic heterocycles. The van der Waals surface area contributed by atoms with Crippen LogP contribution in [0.4, 0.5) is 0 Å². The van der Waals surface area contributed by atoms with E-state index in [2.05, 4.69) is 67.5 Å². The van der Waals surface area contributed by atoms with Gasteiger partial charge in [0.1, 0.15) is 5.75 Å². The Labute approximate surface area is 180 Å². The second kappa shape index (κ2) is 8.79. The van der Waals surface area contributed by atoms with Crippen molar-refractivity contribution in [1.29, 1.82) is 0 Å². The zero-order chi connectivity index (χ0) is 21.1. The lowest BCUT2D eigenvalue weighted by Crippen LogP contribution is -2.41. The summed E-state index contributed by atoms with van der Waals surface area (Å²) in [7, 11) is 5.88. The molecule has 0 amide bonds. The molecule has 0 spiro atoms. The molecule has 4 rings (SSSR count). The fraction of sp³-hybridized carbons (Fsp3) is 0.407. The molecule has 1 saturated carbocycles. The highest BCUT2D eigenvalue weighted by atomic mass is 16.5. The van der Waals surface area contributed by atoms with Gasteiger partial charge in [0, 0.05) is 12.5 Å². The molecule has 0 saturated heterocycles. The quantitative estimate of drug-likeness (QED) is 0.565. The van der Waals surface area contributed by atoms with Crippen LogP contribution in [0.25, 0.3) is 10.8 Å². The van der Waals surface area contributed by atoms with Crippen LogP contribution in [0.5, 0.6) is 5.75 Å². The number of rotatable bonds is 5. The Morgan fingerprint density at radius 1 is 1.00 bits per heavy atom. The summed E-state index contributed by atoms with van der Waals surface area (Å²) in [5, 5.41) is 14.9. The summed E-state index contributed by atoms with van der Waals surface area (Å²) >= 11 is 0. The molecule has 1 aliphatic carbocycles. The zero-order valence-electron chi connectivity index (χ0n) is 18.3. The van der Waals surface area contributed by atoms with Crippen molar-refractivity contribution in [2.24, 2.45) is 5.92 Å². The predicted octanol–water partition coefficient (Wildman–Crippen LogP) is 5.57. The highest BCUT2D eigenvalue weighted by Crippen LogP contribution is 2.47. The van der Waals surface area contributed by atoms with Gasteiger partial charge in [-0.3, -0.25) is 0 Å². The van der Waals surface area contributed by atoms with Gasteiger partial charge in [0.25, 0.3) is 0 Å². The van der Waals surface area contributed by atoms with Crippen molar-refractivity contribution in [3.05, 3.63) is 77.9 Å². The number of hydrogen-bond donors (Lipinski definition) is 1. The number of aliphatic hydroxyl groups is 1. The molecule has 3 aromatic rings. The minimum atomic E-state index is -0.892. The second-order valence-corrected chi connectivity index (χ2v) is 9.02. The van der Waals surface area contributed by atoms with E-state index in [1.807, 2.05) is 18.2 Å². The van der Waals surface area contributed by atoms with E-state index in [1.165, 1.54) is 16.3 Å². The normalized spacial score (nSPS) is 24.7. The number of benzene rings is 3. The lowest BCUT2D eigenvalue weighted by Gasteiger charge is -2.39. The highest BCUT2D eigenvalue weighted by molar-refractivity contribution is 5.86. The standard InChI is InChI=1S/C27H33NO2/c1-28(2)19-23-13-6-11-21(26-16-7-10-20-9-4-5-15-25(20)26)18-27(23,29)22-12-8-14-24(17-22)30-3/h4-5,7-10,12,14-17,21,23,29H,6,11,13,18-19H2,1-3H3. The van der Waals surface area contributed by atoms with Crippen LogP contribution < -0.4 is 4.74 Å². The maximum Gasteiger partial charge on any atom is 0.119 e. The number of ether oxygens (including phenoxy) is 1. The van der Waals surface area contributed by atoms with Gasteiger partial charge in [-0.2, -0.15) is 0 Å². The molecule has 0 bridgehead atoms. The lowest BCUT2D eigenvalue weighted by atomic mass is 9.74. The highest BCUT2D eigenvalue weighted by Gasteiger charge is 2.43. The monoisotopic (exact) mass is 403 g/mol. The molecule has 3 aromatic carbocycles. The van der Waals surface area contributed by atoms with E-state index in [4.69, 9.17) is 4.74 Å². The van der Waals surface area contributed by atoms with E-state index in [9.17, 15) is 5.11 Å². The molecule has 158 valence electrons. The Balaban J connectivity index is 1.79. The predicted molar refractivity (Wildman–Crippen MR) is 124 cm³/mol. The topological polar surface area (TPSA) is 32.7 Å². The Hall–Kier alpha value is -2.36. The first-order valence-corrected chi connectivity index (χ1v) is 11.0. The second-order valence-electron chi connectivity index (χ2n) is 9.02. The number of fused-ring (bicyclic) bond motifs is 1. The van der Waals surface area contributed by atoms with E-state index in [1.54, 1.807) is 7.11 Å². The third-order valence-electron chi connectivity index (χ3n) is 6.76. The summed E-state index contributed by atoms with van der Waals surface area (Å²) in [6, 6.07) is 23.2. The van der Waals surface area contributed by atoms with Gasteiger partial charge >= 0.3 is 0 Å². The molecule has 3 heteroatoms. The van der Waals surface area contributed by atoms with Crippen molar-refractivity contribution < 1.29 is 9.84 Å². The molecule has 3 atom stereocenters. The average molecular weight is 404 g/mol. The van der Waals surface area contributed by atoms with Gasteiger partial charge in [-0.15, -0.1) is 0 Å². The summed E-state index contributed by atoms with van der Waals surface area (Å²) in [5.74, 6) is 1.30. The summed E-state index contributed by atoms with van der Waals surface area (Å²) in [4.78, 5) is 2.20. The van der Waals surface area contributed by atoms with Gasteiger partial charge in [-0.05, 0) is 73.3 Å². The smallest absolute Gasteiger partial charge is 0.119 e. The number of nitrogens with zero attached hydrogens (tertiary/aromatic N) is 1. The summed E-state index contributed by atoms with van der Waals surface area (Å²) < 4.78 is 5.49. The van der Waals surface area contributed by atoms with Crippen LogP contribution in [0.15, 0.2) is 66.7 Å². The Morgan fingerprint density at radius 2 is 1.77 bits per heavy atom. The van der Waals surface area contributed by atoms with Crippen LogP contribution in [0.2, 0.25) is 0 Å². The van der Waals surface area contributed by atoms with Gasteiger partial charge in [0.15, 0.2) is 0 Å². The molecular weight excluding hydrogens is 370 g/mol. The van der Waals surface area contributed by atoms with Crippen molar-refractivity contribution in [3.8, 4) is 5.75 Å². The van der Waals surface area contributed by atoms with Crippen LogP contribution in [0.3, 0.4) is 0 Å². The summed E-state index contributed by atoms with van der Waals surface area (Å²) in [6.07, 6.45) is 3.97. The van der Waals surface area contributed by atoms with Crippen molar-refractivity contribution in [2.45, 2.75) is 37.2 Å². The molecule has 0 aromatic heterocycles. The first-order valence-electron chi connectivity index (χ1n) is 11.0. The van der Waals surface area contributed by atoms with Gasteiger partial charge in [-0.25, -0.2) is 0 Å². The molecule has 1 fully saturated rings. The van der Waals surface area contributed by atoms with Crippen molar-refractivity contribution in [1.82, 2.24) is 4.90 Å². The maximum absolute atomic E-state index is 12.3. The zero-order valence-corrected chi connectivity index (χ0v) is 18.3. The largest absolute Gasteiger partial charge is 0.497 e. The molecule has 30 heavy (non-hydrogen) atoms. The van der Waals surface area contributed by atoms with Crippen LogP contribution in [0.1, 0.15) is 42.7 Å². The Morgan fingerprint density at radius 3 is 2.57 bits per heavy atom. The maximum atomic E-state index is 12.3. The van der Waals surface area contributed by atoms with Crippen LogP contribution >= 0.6 is 0 Å². The Kier molecular flexibility index (Phi) is 6.12. The van der Waals surface area contributed by atoms with Crippen LogP contribution in [-0.2, 0) is 5.60 Å². The Bertz CT molecular complexity index is 994. The third-order valence-corrected chi connectivity index (χ3v) is 6.76. The summed E-state index contributed by atoms with van der Waals surface area (Å²) in [6.45, 7) is 0.871. The lowest BCUT2D eigenvalue weighted by molar-refractivity contribution is -0.0420. The van der Waals surface area contributed by atoms with Crippen molar-refractivity contribution in [2.75, 3.05) is 27.7 Å². The number of hydrogen-bond acceptors (Lipinski definition) is 3. The van der Waals surface area contributed by atoms with Gasteiger partial charge in [0.2, 0.25) is 0 Å². The van der Waals surface area contributed by atoms with E-state index < -0.39 is 5.60 Å². The molecule has 0 radical (unpaired) electrons. The first-order chi connectivity index (χ1) is 14.5. The SMILES string of the molecule is COc1cccc(C2(O)CC(c3cccc4ccccc34)CCCC2CN(C)C)c1. The van der Waals surface area contributed by atoms with E-state index in [0.29, 0.717) is 5.92 Å². The molecule has 3 unspecified atom stereocenters. The minimum Gasteiger partial charge on any atom is -0.497 e. The van der Waals surface area contributed by atoms with E-state index in [0.717, 1.165) is 43.5 Å². The first kappa shape index (κ1) is 20.9.